The van der Waals surface area contributed by atoms with Gasteiger partial charge in [-0.25, -0.2) is 19.6 Å². The van der Waals surface area contributed by atoms with E-state index >= 15 is 0 Å². The molecule has 0 radical (unpaired) electrons. The maximum Gasteiger partial charge on any atom is 0.377 e. The Balaban J connectivity index is 1.70. The molecule has 2 aromatic heterocycles. The van der Waals surface area contributed by atoms with E-state index in [1.54, 1.807) is 12.1 Å². The Hall–Kier alpha value is -3.25. The number of amides is 1. The molecule has 3 aromatic rings. The van der Waals surface area contributed by atoms with Crippen LogP contribution in [-0.4, -0.2) is 105 Å². The molecule has 0 bridgehead atoms. The van der Waals surface area contributed by atoms with Gasteiger partial charge < -0.3 is 44.7 Å². The van der Waals surface area contributed by atoms with Crippen molar-refractivity contribution in [2.75, 3.05) is 20.8 Å². The molecule has 1 aliphatic rings. The van der Waals surface area contributed by atoms with Crippen LogP contribution in [0.3, 0.4) is 0 Å². The van der Waals surface area contributed by atoms with E-state index in [9.17, 15) is 29.7 Å². The van der Waals surface area contributed by atoms with Gasteiger partial charge in [-0.05, 0) is 18.2 Å². The first-order valence-electron chi connectivity index (χ1n) is 11.8. The molecule has 1 amide bonds. The number of aliphatic hydroxyl groups excluding tert-OH is 2. The minimum Gasteiger partial charge on any atom is -0.476 e. The first-order valence-corrected chi connectivity index (χ1v) is 13.5. The molecule has 0 saturated carbocycles. The van der Waals surface area contributed by atoms with Gasteiger partial charge in [0, 0.05) is 26.5 Å². The van der Waals surface area contributed by atoms with Crippen LogP contribution in [0, 0.1) is 0 Å². The van der Waals surface area contributed by atoms with Gasteiger partial charge in [-0.3, -0.25) is 4.79 Å². The first kappa shape index (κ1) is 29.7. The number of hydrogen-bond acceptors (Lipinski definition) is 13. The summed E-state index contributed by atoms with van der Waals surface area (Å²) in [5.41, 5.74) is 0.457. The van der Waals surface area contributed by atoms with Crippen molar-refractivity contribution < 1.29 is 53.8 Å². The third kappa shape index (κ3) is 5.92. The van der Waals surface area contributed by atoms with Crippen LogP contribution in [0.5, 0.6) is 5.75 Å². The maximum atomic E-state index is 12.7. The van der Waals surface area contributed by atoms with Crippen molar-refractivity contribution in [3.05, 3.63) is 29.3 Å². The van der Waals surface area contributed by atoms with Crippen LogP contribution >= 0.6 is 22.7 Å². The van der Waals surface area contributed by atoms with Crippen LogP contribution in [0.1, 0.15) is 23.8 Å². The normalized spacial score (nSPS) is 24.4. The van der Waals surface area contributed by atoms with Gasteiger partial charge in [0.15, 0.2) is 15.7 Å². The number of rotatable bonds is 11. The fourth-order valence-corrected chi connectivity index (χ4v) is 6.26. The number of aliphatic hydroxyl groups is 2. The van der Waals surface area contributed by atoms with E-state index < -0.39 is 60.7 Å². The van der Waals surface area contributed by atoms with Crippen molar-refractivity contribution in [2.24, 2.45) is 0 Å². The zero-order valence-corrected chi connectivity index (χ0v) is 23.1. The minimum absolute atomic E-state index is 0.0957. The van der Waals surface area contributed by atoms with Crippen LogP contribution in [0.15, 0.2) is 23.6 Å². The Morgan fingerprint density at radius 2 is 1.98 bits per heavy atom. The molecule has 216 valence electrons. The summed E-state index contributed by atoms with van der Waals surface area (Å²) in [7, 11) is 2.58. The highest BCUT2D eigenvalue weighted by Gasteiger charge is 2.57. The average molecular weight is 598 g/mol. The number of nitrogens with one attached hydrogen (secondary N) is 1. The number of carbonyl (C=O) groups is 3. The molecule has 6 unspecified atom stereocenters. The Morgan fingerprint density at radius 3 is 2.55 bits per heavy atom. The number of thiazole rings is 2. The number of methoxy groups -OCH3 is 2. The molecule has 1 saturated heterocycles. The van der Waals surface area contributed by atoms with Crippen LogP contribution in [0.25, 0.3) is 20.2 Å². The molecular formula is C24H27N3O11S2. The number of benzene rings is 1. The van der Waals surface area contributed by atoms with E-state index in [0.29, 0.717) is 20.2 Å². The van der Waals surface area contributed by atoms with Gasteiger partial charge in [0.2, 0.25) is 5.91 Å². The smallest absolute Gasteiger partial charge is 0.377 e. The number of aliphatic carboxylic acids is 1. The Morgan fingerprint density at radius 1 is 1.23 bits per heavy atom. The van der Waals surface area contributed by atoms with E-state index in [1.165, 1.54) is 43.9 Å². The molecule has 14 nitrogen and oxygen atoms in total. The first-order chi connectivity index (χ1) is 19.0. The highest BCUT2D eigenvalue weighted by atomic mass is 32.1. The van der Waals surface area contributed by atoms with Crippen LogP contribution < -0.4 is 10.1 Å². The van der Waals surface area contributed by atoms with Gasteiger partial charge in [-0.15, -0.1) is 22.7 Å². The molecule has 0 spiro atoms. The second kappa shape index (κ2) is 12.1. The Labute approximate surface area is 235 Å². The number of fused-ring (bicyclic) bond motifs is 1. The standard InChI is InChI=1S/C24H27N3O11S2/c1-10(29)25-17-15(35-2)7-24(23(33)34,38-19(17)18(36-3)14(30)8-28)37-11-4-5-12-16(6-11)40-21(26-12)20-27-13(9-39-20)22(31)32/h4-6,9,14-15,17-19,28,30H,7-8H2,1-3H3,(H,25,29)(H,31,32)(H,33,34). The summed E-state index contributed by atoms with van der Waals surface area (Å²) in [6.45, 7) is 0.539. The van der Waals surface area contributed by atoms with Crippen molar-refractivity contribution in [3.63, 3.8) is 0 Å². The summed E-state index contributed by atoms with van der Waals surface area (Å²) in [6.07, 6.45) is -5.35. The molecule has 1 aliphatic heterocycles. The zero-order chi connectivity index (χ0) is 29.2. The maximum absolute atomic E-state index is 12.7. The lowest BCUT2D eigenvalue weighted by Gasteiger charge is -2.48. The van der Waals surface area contributed by atoms with E-state index in [0.717, 1.165) is 11.3 Å². The number of nitrogens with zero attached hydrogens (tertiary/aromatic N) is 2. The second-order valence-electron chi connectivity index (χ2n) is 8.89. The molecule has 6 atom stereocenters. The Bertz CT molecular complexity index is 1400. The third-order valence-electron chi connectivity index (χ3n) is 6.26. The fraction of sp³-hybridized carbons (Fsp3) is 0.458. The van der Waals surface area contributed by atoms with Gasteiger partial charge in [0.05, 0.1) is 35.4 Å². The SMILES string of the molecule is COC1CC(Oc2ccc3nc(-c4nc(C(=O)O)cs4)sc3c2)(C(=O)O)OC(C(OC)C(O)CO)C1NC(C)=O. The molecule has 1 aromatic carbocycles. The van der Waals surface area contributed by atoms with E-state index in [-0.39, 0.29) is 17.9 Å². The third-order valence-corrected chi connectivity index (χ3v) is 8.26. The highest BCUT2D eigenvalue weighted by Crippen LogP contribution is 2.39. The summed E-state index contributed by atoms with van der Waals surface area (Å²) in [4.78, 5) is 44.4. The van der Waals surface area contributed by atoms with Crippen LogP contribution in [0.4, 0.5) is 0 Å². The van der Waals surface area contributed by atoms with Crippen molar-refractivity contribution in [2.45, 2.75) is 49.6 Å². The topological polar surface area (TPSA) is 207 Å². The number of hydrogen-bond donors (Lipinski definition) is 5. The van der Waals surface area contributed by atoms with Crippen LogP contribution in [-0.2, 0) is 23.8 Å². The monoisotopic (exact) mass is 597 g/mol. The molecule has 1 fully saturated rings. The predicted octanol–water partition coefficient (Wildman–Crippen LogP) is 0.954. The van der Waals surface area contributed by atoms with Crippen molar-refractivity contribution >= 4 is 50.7 Å². The molecule has 40 heavy (non-hydrogen) atoms. The number of aromatic carboxylic acids is 1. The molecular weight excluding hydrogens is 570 g/mol. The number of carboxylic acids is 2. The summed E-state index contributed by atoms with van der Waals surface area (Å²) in [6, 6.07) is 3.71. The lowest BCUT2D eigenvalue weighted by atomic mass is 9.88. The quantitative estimate of drug-likeness (QED) is 0.209. The average Bonchev–Trinajstić information content (AvgIpc) is 3.57. The minimum atomic E-state index is -2.33. The summed E-state index contributed by atoms with van der Waals surface area (Å²) in [5.74, 6) is -5.33. The molecule has 0 aliphatic carbocycles. The van der Waals surface area contributed by atoms with Gasteiger partial charge in [0.1, 0.15) is 24.1 Å². The molecule has 16 heteroatoms. The number of carbonyl (C=O) groups excluding carboxylic acids is 1. The van der Waals surface area contributed by atoms with E-state index in [1.807, 2.05) is 0 Å². The molecule has 3 heterocycles. The lowest BCUT2D eigenvalue weighted by Crippen LogP contribution is -2.69. The summed E-state index contributed by atoms with van der Waals surface area (Å²) in [5, 5.41) is 44.4. The van der Waals surface area contributed by atoms with Gasteiger partial charge in [-0.1, -0.05) is 0 Å². The van der Waals surface area contributed by atoms with Gasteiger partial charge >= 0.3 is 17.7 Å². The predicted molar refractivity (Wildman–Crippen MR) is 140 cm³/mol. The largest absolute Gasteiger partial charge is 0.476 e. The molecule has 5 N–H and O–H groups in total. The highest BCUT2D eigenvalue weighted by molar-refractivity contribution is 7.25. The van der Waals surface area contributed by atoms with Crippen molar-refractivity contribution in [1.29, 1.82) is 0 Å². The van der Waals surface area contributed by atoms with E-state index in [2.05, 4.69) is 15.3 Å². The summed E-state index contributed by atoms with van der Waals surface area (Å²) >= 11 is 2.34. The van der Waals surface area contributed by atoms with Gasteiger partial charge in [-0.2, -0.15) is 0 Å². The summed E-state index contributed by atoms with van der Waals surface area (Å²) < 4.78 is 23.4. The number of carboxylic acid groups (broad SMARTS) is 2. The number of aromatic nitrogens is 2. The Kier molecular flexibility index (Phi) is 8.99. The van der Waals surface area contributed by atoms with Gasteiger partial charge in [0.25, 0.3) is 0 Å². The molecule has 4 rings (SSSR count). The van der Waals surface area contributed by atoms with Crippen LogP contribution in [0.2, 0.25) is 0 Å². The van der Waals surface area contributed by atoms with Crippen molar-refractivity contribution in [3.8, 4) is 15.8 Å². The van der Waals surface area contributed by atoms with Crippen molar-refractivity contribution in [1.82, 2.24) is 15.3 Å². The van der Waals surface area contributed by atoms with E-state index in [4.69, 9.17) is 24.1 Å². The lowest BCUT2D eigenvalue weighted by molar-refractivity contribution is -0.288. The second-order valence-corrected chi connectivity index (χ2v) is 10.8. The fourth-order valence-electron chi connectivity index (χ4n) is 4.44. The zero-order valence-electron chi connectivity index (χ0n) is 21.5. The number of ether oxygens (including phenoxy) is 4.